The van der Waals surface area contributed by atoms with Crippen LogP contribution in [0.3, 0.4) is 0 Å². The zero-order chi connectivity index (χ0) is 12.8. The number of rotatable bonds is 5. The number of nitrogens with one attached hydrogen (secondary N) is 1. The van der Waals surface area contributed by atoms with Crippen molar-refractivity contribution < 1.29 is 4.79 Å². The van der Waals surface area contributed by atoms with Crippen molar-refractivity contribution >= 4 is 40.8 Å². The van der Waals surface area contributed by atoms with E-state index < -0.39 is 0 Å². The molecule has 1 aromatic heterocycles. The van der Waals surface area contributed by atoms with Crippen molar-refractivity contribution in [2.24, 2.45) is 0 Å². The molecule has 0 aromatic carbocycles. The number of carbonyl (C=O) groups is 1. The van der Waals surface area contributed by atoms with Crippen LogP contribution in [-0.4, -0.2) is 39.9 Å². The first-order chi connectivity index (χ1) is 8.74. The Morgan fingerprint density at radius 3 is 3.11 bits per heavy atom. The van der Waals surface area contributed by atoms with Gasteiger partial charge in [0.05, 0.1) is 10.7 Å². The number of hydrogen-bond donors (Lipinski definition) is 1. The predicted octanol–water partition coefficient (Wildman–Crippen LogP) is 2.35. The van der Waals surface area contributed by atoms with E-state index in [1.54, 1.807) is 11.3 Å². The molecule has 2 heterocycles. The van der Waals surface area contributed by atoms with Gasteiger partial charge in [-0.3, -0.25) is 4.79 Å². The summed E-state index contributed by atoms with van der Waals surface area (Å²) in [4.78, 5) is 16.1. The highest BCUT2D eigenvalue weighted by Gasteiger charge is 2.17. The topological polar surface area (TPSA) is 42.0 Å². The molecule has 18 heavy (non-hydrogen) atoms. The lowest BCUT2D eigenvalue weighted by molar-refractivity contribution is -0.120. The second kappa shape index (κ2) is 7.40. The third kappa shape index (κ3) is 4.82. The maximum atomic E-state index is 11.8. The second-order valence-corrected chi connectivity index (χ2v) is 7.85. The lowest BCUT2D eigenvalue weighted by Crippen LogP contribution is -2.30. The Morgan fingerprint density at radius 1 is 1.56 bits per heavy atom. The van der Waals surface area contributed by atoms with Crippen molar-refractivity contribution in [3.8, 4) is 0 Å². The van der Waals surface area contributed by atoms with Crippen molar-refractivity contribution in [1.82, 2.24) is 10.3 Å². The van der Waals surface area contributed by atoms with Gasteiger partial charge in [0.15, 0.2) is 0 Å². The van der Waals surface area contributed by atoms with Gasteiger partial charge in [0, 0.05) is 47.3 Å². The first kappa shape index (κ1) is 14.2. The van der Waals surface area contributed by atoms with Gasteiger partial charge in [-0.05, 0) is 6.92 Å². The van der Waals surface area contributed by atoms with Crippen LogP contribution in [0.15, 0.2) is 5.38 Å². The monoisotopic (exact) mass is 302 g/mol. The molecule has 1 saturated heterocycles. The van der Waals surface area contributed by atoms with Crippen LogP contribution in [0.2, 0.25) is 0 Å². The van der Waals surface area contributed by atoms with Crippen molar-refractivity contribution in [3.05, 3.63) is 16.1 Å². The van der Waals surface area contributed by atoms with Crippen molar-refractivity contribution in [1.29, 1.82) is 0 Å². The van der Waals surface area contributed by atoms with E-state index in [1.165, 1.54) is 11.5 Å². The van der Waals surface area contributed by atoms with Crippen LogP contribution in [0.25, 0.3) is 0 Å². The Hall–Kier alpha value is -0.200. The van der Waals surface area contributed by atoms with Gasteiger partial charge in [-0.25, -0.2) is 4.98 Å². The van der Waals surface area contributed by atoms with Crippen LogP contribution in [-0.2, 0) is 11.2 Å². The number of thiazole rings is 1. The summed E-state index contributed by atoms with van der Waals surface area (Å²) in [5, 5.41) is 6.65. The van der Waals surface area contributed by atoms with Gasteiger partial charge >= 0.3 is 0 Å². The molecule has 100 valence electrons. The fourth-order valence-corrected chi connectivity index (χ4v) is 5.11. The normalized spacial score (nSPS) is 19.7. The average Bonchev–Trinajstić information content (AvgIpc) is 2.76. The van der Waals surface area contributed by atoms with Crippen LogP contribution in [0, 0.1) is 6.92 Å². The van der Waals surface area contributed by atoms with E-state index in [9.17, 15) is 4.79 Å². The highest BCUT2D eigenvalue weighted by atomic mass is 32.2. The minimum Gasteiger partial charge on any atom is -0.356 e. The predicted molar refractivity (Wildman–Crippen MR) is 81.8 cm³/mol. The van der Waals surface area contributed by atoms with Gasteiger partial charge in [0.2, 0.25) is 5.91 Å². The molecular weight excluding hydrogens is 284 g/mol. The molecule has 0 bridgehead atoms. The molecule has 1 unspecified atom stereocenters. The molecule has 1 fully saturated rings. The smallest absolute Gasteiger partial charge is 0.221 e. The van der Waals surface area contributed by atoms with Crippen molar-refractivity contribution in [2.45, 2.75) is 25.0 Å². The zero-order valence-electron chi connectivity index (χ0n) is 10.5. The summed E-state index contributed by atoms with van der Waals surface area (Å²) in [6, 6.07) is 0. The summed E-state index contributed by atoms with van der Waals surface area (Å²) < 4.78 is 0. The minimum absolute atomic E-state index is 0.182. The number of aryl methyl sites for hydroxylation is 1. The zero-order valence-corrected chi connectivity index (χ0v) is 12.9. The Morgan fingerprint density at radius 2 is 2.44 bits per heavy atom. The lowest BCUT2D eigenvalue weighted by Gasteiger charge is -2.20. The van der Waals surface area contributed by atoms with E-state index >= 15 is 0 Å². The molecule has 0 radical (unpaired) electrons. The molecule has 3 nitrogen and oxygen atoms in total. The van der Waals surface area contributed by atoms with E-state index in [1.807, 2.05) is 30.4 Å². The standard InChI is InChI=1S/C12H18N2OS3/c1-9-14-10(7-18-9)2-3-13-12(15)6-11-8-16-4-5-17-11/h7,11H,2-6,8H2,1H3,(H,13,15). The minimum atomic E-state index is 0.182. The summed E-state index contributed by atoms with van der Waals surface area (Å²) in [6.45, 7) is 2.71. The van der Waals surface area contributed by atoms with Crippen molar-refractivity contribution in [2.75, 3.05) is 23.8 Å². The first-order valence-corrected chi connectivity index (χ1v) is 9.19. The molecule has 1 N–H and O–H groups in total. The van der Waals surface area contributed by atoms with E-state index in [4.69, 9.17) is 0 Å². The molecule has 0 spiro atoms. The Kier molecular flexibility index (Phi) is 5.85. The van der Waals surface area contributed by atoms with Crippen molar-refractivity contribution in [3.63, 3.8) is 0 Å². The SMILES string of the molecule is Cc1nc(CCNC(=O)CC2CSCCS2)cs1. The summed E-state index contributed by atoms with van der Waals surface area (Å²) in [6.07, 6.45) is 1.50. The fourth-order valence-electron chi connectivity index (χ4n) is 1.79. The molecule has 1 aromatic rings. The van der Waals surface area contributed by atoms with E-state index in [-0.39, 0.29) is 5.91 Å². The number of nitrogens with zero attached hydrogens (tertiary/aromatic N) is 1. The van der Waals surface area contributed by atoms with E-state index in [0.717, 1.165) is 22.9 Å². The third-order valence-electron chi connectivity index (χ3n) is 2.67. The van der Waals surface area contributed by atoms with Gasteiger partial charge in [0.25, 0.3) is 0 Å². The lowest BCUT2D eigenvalue weighted by atomic mass is 10.3. The summed E-state index contributed by atoms with van der Waals surface area (Å²) in [5.74, 6) is 3.71. The highest BCUT2D eigenvalue weighted by Crippen LogP contribution is 2.26. The molecule has 1 amide bonds. The van der Waals surface area contributed by atoms with Gasteiger partial charge in [-0.1, -0.05) is 0 Å². The quantitative estimate of drug-likeness (QED) is 0.906. The maximum absolute atomic E-state index is 11.8. The molecule has 0 aliphatic carbocycles. The average molecular weight is 302 g/mol. The van der Waals surface area contributed by atoms with Gasteiger partial charge in [0.1, 0.15) is 0 Å². The highest BCUT2D eigenvalue weighted by molar-refractivity contribution is 8.06. The van der Waals surface area contributed by atoms with E-state index in [0.29, 0.717) is 18.2 Å². The van der Waals surface area contributed by atoms with Crippen LogP contribution in [0.1, 0.15) is 17.1 Å². The molecular formula is C12H18N2OS3. The van der Waals surface area contributed by atoms with Gasteiger partial charge in [-0.2, -0.15) is 23.5 Å². The van der Waals surface area contributed by atoms with Crippen LogP contribution in [0.4, 0.5) is 0 Å². The molecule has 1 aliphatic heterocycles. The Bertz CT molecular complexity index is 388. The summed E-state index contributed by atoms with van der Waals surface area (Å²) in [5.41, 5.74) is 1.08. The van der Waals surface area contributed by atoms with Crippen LogP contribution in [0.5, 0.6) is 0 Å². The number of aromatic nitrogens is 1. The second-order valence-electron chi connectivity index (χ2n) is 4.23. The number of carbonyl (C=O) groups excluding carboxylic acids is 1. The summed E-state index contributed by atoms with van der Waals surface area (Å²) in [7, 11) is 0. The molecule has 0 saturated carbocycles. The van der Waals surface area contributed by atoms with Crippen LogP contribution < -0.4 is 5.32 Å². The molecule has 1 aliphatic rings. The fraction of sp³-hybridized carbons (Fsp3) is 0.667. The number of thioether (sulfide) groups is 2. The van der Waals surface area contributed by atoms with Gasteiger partial charge < -0.3 is 5.32 Å². The maximum Gasteiger partial charge on any atom is 0.221 e. The van der Waals surface area contributed by atoms with E-state index in [2.05, 4.69) is 15.7 Å². The van der Waals surface area contributed by atoms with Crippen LogP contribution >= 0.6 is 34.9 Å². The largest absolute Gasteiger partial charge is 0.356 e. The Labute approximate surface area is 121 Å². The molecule has 6 heteroatoms. The Balaban J connectivity index is 1.62. The third-order valence-corrected chi connectivity index (χ3v) is 6.34. The molecule has 1 atom stereocenters. The molecule has 2 rings (SSSR count). The van der Waals surface area contributed by atoms with Gasteiger partial charge in [-0.15, -0.1) is 11.3 Å². The first-order valence-electron chi connectivity index (χ1n) is 6.11. The summed E-state index contributed by atoms with van der Waals surface area (Å²) >= 11 is 5.55. The number of amides is 1. The number of hydrogen-bond acceptors (Lipinski definition) is 5.